The summed E-state index contributed by atoms with van der Waals surface area (Å²) in [5.41, 5.74) is -4.79. The van der Waals surface area contributed by atoms with E-state index in [1.54, 1.807) is 51.7 Å². The third-order valence-electron chi connectivity index (χ3n) is 13.2. The molecule has 1 aromatic carbocycles. The molecule has 254 valence electrons. The highest BCUT2D eigenvalue weighted by atomic mass is 16.6. The van der Waals surface area contributed by atoms with Gasteiger partial charge in [0.25, 0.3) is 0 Å². The van der Waals surface area contributed by atoms with Crippen LogP contribution in [0.5, 0.6) is 0 Å². The van der Waals surface area contributed by atoms with Gasteiger partial charge in [0.2, 0.25) is 0 Å². The van der Waals surface area contributed by atoms with Crippen LogP contribution in [0.4, 0.5) is 0 Å². The summed E-state index contributed by atoms with van der Waals surface area (Å²) in [6.45, 7) is 4.68. The molecule has 1 saturated heterocycles. The van der Waals surface area contributed by atoms with Crippen molar-refractivity contribution in [3.8, 4) is 0 Å². The molecule has 5 aliphatic carbocycles. The summed E-state index contributed by atoms with van der Waals surface area (Å²) in [6.07, 6.45) is -5.49. The van der Waals surface area contributed by atoms with Crippen LogP contribution in [-0.2, 0) is 33.2 Å². The number of nitrogens with zero attached hydrogens (tertiary/aromatic N) is 1. The van der Waals surface area contributed by atoms with Gasteiger partial charge in [0.05, 0.1) is 30.5 Å². The van der Waals surface area contributed by atoms with E-state index in [1.807, 2.05) is 6.92 Å². The minimum absolute atomic E-state index is 0.0791. The van der Waals surface area contributed by atoms with Gasteiger partial charge in [0.1, 0.15) is 23.9 Å². The average molecular weight is 646 g/mol. The van der Waals surface area contributed by atoms with Gasteiger partial charge in [-0.1, -0.05) is 25.1 Å². The Hall–Kier alpha value is -2.16. The molecule has 2 unspecified atom stereocenters. The summed E-state index contributed by atoms with van der Waals surface area (Å²) in [4.78, 5) is 29.3. The van der Waals surface area contributed by atoms with E-state index in [0.717, 1.165) is 0 Å². The van der Waals surface area contributed by atoms with Gasteiger partial charge in [-0.05, 0) is 31.0 Å². The maximum atomic E-state index is 13.8. The summed E-state index contributed by atoms with van der Waals surface area (Å²) in [5, 5.41) is 37.3. The predicted molar refractivity (Wildman–Crippen MR) is 160 cm³/mol. The maximum absolute atomic E-state index is 13.8. The number of esters is 2. The topological polar surface area (TPSA) is 153 Å². The minimum Gasteiger partial charge on any atom is -0.455 e. The van der Waals surface area contributed by atoms with Crippen LogP contribution >= 0.6 is 0 Å². The molecule has 0 aromatic heterocycles. The molecule has 1 aromatic rings. The van der Waals surface area contributed by atoms with Crippen molar-refractivity contribution in [2.75, 3.05) is 48.1 Å². The second-order valence-electron chi connectivity index (χ2n) is 14.4. The van der Waals surface area contributed by atoms with Crippen molar-refractivity contribution in [1.29, 1.82) is 0 Å². The molecule has 6 aliphatic rings. The van der Waals surface area contributed by atoms with Crippen LogP contribution in [0.3, 0.4) is 0 Å². The van der Waals surface area contributed by atoms with Crippen molar-refractivity contribution >= 4 is 11.9 Å². The Morgan fingerprint density at radius 2 is 1.72 bits per heavy atom. The zero-order valence-corrected chi connectivity index (χ0v) is 27.3. The molecule has 1 spiro atoms. The fraction of sp³-hybridized carbons (Fsp3) is 0.765. The molecule has 46 heavy (non-hydrogen) atoms. The van der Waals surface area contributed by atoms with E-state index >= 15 is 0 Å². The first-order valence-electron chi connectivity index (χ1n) is 16.3. The van der Waals surface area contributed by atoms with E-state index in [4.69, 9.17) is 28.4 Å². The highest BCUT2D eigenvalue weighted by molar-refractivity contribution is 5.89. The zero-order valence-electron chi connectivity index (χ0n) is 27.3. The molecule has 12 nitrogen and oxygen atoms in total. The summed E-state index contributed by atoms with van der Waals surface area (Å²) in [7, 11) is 6.27. The molecule has 5 saturated carbocycles. The molecule has 1 aliphatic heterocycles. The maximum Gasteiger partial charge on any atom is 0.338 e. The largest absolute Gasteiger partial charge is 0.455 e. The van der Waals surface area contributed by atoms with Gasteiger partial charge < -0.3 is 43.7 Å². The highest BCUT2D eigenvalue weighted by Crippen LogP contribution is 2.80. The number of fused-ring (bicyclic) bond motifs is 2. The minimum atomic E-state index is -1.83. The van der Waals surface area contributed by atoms with Gasteiger partial charge in [-0.2, -0.15) is 0 Å². The van der Waals surface area contributed by atoms with E-state index in [2.05, 4.69) is 4.90 Å². The van der Waals surface area contributed by atoms with Gasteiger partial charge in [0, 0.05) is 83.0 Å². The third kappa shape index (κ3) is 3.62. The Kier molecular flexibility index (Phi) is 7.69. The number of carbonyl (C=O) groups excluding carboxylic acids is 2. The molecular formula is C34H47NO11. The fourth-order valence-electron chi connectivity index (χ4n) is 12.3. The zero-order chi connectivity index (χ0) is 33.0. The lowest BCUT2D eigenvalue weighted by Crippen LogP contribution is -2.81. The van der Waals surface area contributed by atoms with Crippen molar-refractivity contribution in [2.24, 2.45) is 34.5 Å². The van der Waals surface area contributed by atoms with Gasteiger partial charge in [0.15, 0.2) is 5.60 Å². The van der Waals surface area contributed by atoms with Crippen LogP contribution in [0.2, 0.25) is 0 Å². The highest BCUT2D eigenvalue weighted by Gasteiger charge is 2.92. The number of aliphatic hydroxyl groups excluding tert-OH is 2. The van der Waals surface area contributed by atoms with E-state index in [9.17, 15) is 24.9 Å². The van der Waals surface area contributed by atoms with E-state index in [1.165, 1.54) is 14.0 Å². The molecule has 3 N–H and O–H groups in total. The molecule has 7 rings (SSSR count). The number of hydrogen-bond donors (Lipinski definition) is 3. The summed E-state index contributed by atoms with van der Waals surface area (Å²) < 4.78 is 37.4. The number of benzene rings is 1. The lowest BCUT2D eigenvalue weighted by Gasteiger charge is -2.70. The number of likely N-dealkylation sites (tertiary alicyclic amines) is 1. The monoisotopic (exact) mass is 645 g/mol. The summed E-state index contributed by atoms with van der Waals surface area (Å²) in [6, 6.07) is 8.18. The summed E-state index contributed by atoms with van der Waals surface area (Å²) >= 11 is 0. The van der Waals surface area contributed by atoms with Gasteiger partial charge in [-0.25, -0.2) is 4.79 Å². The standard InChI is InChI=1S/C34H47NO11/c1-7-35-15-31(16-41-3)20(37)13-21(42-4)33-19-14-32(40)28(45-30(39)18-11-9-8-10-12-18)22(19)34(46-17(2)36,27(38)29(32)44-6)23(26(33)35)24(43-5)25(31)33/h8-12,19-29,37-38,40H,7,13-16H2,1-6H3/t19-,20?,21+,22-,23+,24+,25-,26-,27?,28-,29+,31+,32+,33+,34-/m1/s1. The quantitative estimate of drug-likeness (QED) is 0.323. The Morgan fingerprint density at radius 3 is 2.30 bits per heavy atom. The average Bonchev–Trinajstić information content (AvgIpc) is 3.41. The number of piperidine rings is 1. The number of carbonyl (C=O) groups is 2. The number of rotatable bonds is 9. The van der Waals surface area contributed by atoms with E-state index in [-0.39, 0.29) is 25.0 Å². The van der Waals surface area contributed by atoms with E-state index in [0.29, 0.717) is 25.1 Å². The molecule has 0 radical (unpaired) electrons. The number of aliphatic hydroxyl groups is 3. The lowest BCUT2D eigenvalue weighted by atomic mass is 9.42. The van der Waals surface area contributed by atoms with Crippen LogP contribution in [0.15, 0.2) is 30.3 Å². The van der Waals surface area contributed by atoms with Crippen molar-refractivity contribution in [2.45, 2.75) is 80.6 Å². The number of hydrogen-bond acceptors (Lipinski definition) is 12. The van der Waals surface area contributed by atoms with Crippen LogP contribution in [0, 0.1) is 34.5 Å². The van der Waals surface area contributed by atoms with Crippen LogP contribution < -0.4 is 0 Å². The van der Waals surface area contributed by atoms with Crippen LogP contribution in [0.25, 0.3) is 0 Å². The normalized spacial score (nSPS) is 49.9. The first kappa shape index (κ1) is 32.4. The first-order chi connectivity index (χ1) is 22.0. The Balaban J connectivity index is 1.53. The Labute approximate surface area is 269 Å². The number of methoxy groups -OCH3 is 4. The van der Waals surface area contributed by atoms with Crippen LogP contribution in [-0.4, -0.2) is 134 Å². The van der Waals surface area contributed by atoms with Crippen molar-refractivity contribution in [3.05, 3.63) is 35.9 Å². The molecule has 7 bridgehead atoms. The molecule has 1 heterocycles. The van der Waals surface area contributed by atoms with Gasteiger partial charge >= 0.3 is 11.9 Å². The molecular weight excluding hydrogens is 598 g/mol. The smallest absolute Gasteiger partial charge is 0.338 e. The predicted octanol–water partition coefficient (Wildman–Crippen LogP) is 0.648. The van der Waals surface area contributed by atoms with Crippen molar-refractivity contribution in [1.82, 2.24) is 4.90 Å². The first-order valence-corrected chi connectivity index (χ1v) is 16.3. The molecule has 0 amide bonds. The fourth-order valence-corrected chi connectivity index (χ4v) is 12.3. The third-order valence-corrected chi connectivity index (χ3v) is 13.2. The second-order valence-corrected chi connectivity index (χ2v) is 14.4. The van der Waals surface area contributed by atoms with Crippen molar-refractivity contribution in [3.63, 3.8) is 0 Å². The van der Waals surface area contributed by atoms with Gasteiger partial charge in [-0.3, -0.25) is 9.69 Å². The van der Waals surface area contributed by atoms with E-state index < -0.39 is 88.3 Å². The second kappa shape index (κ2) is 10.9. The van der Waals surface area contributed by atoms with Crippen molar-refractivity contribution < 1.29 is 53.3 Å². The Morgan fingerprint density at radius 1 is 1.00 bits per heavy atom. The number of ether oxygens (including phenoxy) is 6. The Bertz CT molecular complexity index is 1360. The lowest BCUT2D eigenvalue weighted by molar-refractivity contribution is -0.322. The molecule has 15 atom stereocenters. The molecule has 12 heteroatoms. The molecule has 6 fully saturated rings. The summed E-state index contributed by atoms with van der Waals surface area (Å²) in [5.74, 6) is -3.65. The van der Waals surface area contributed by atoms with Crippen LogP contribution in [0.1, 0.15) is 37.0 Å². The van der Waals surface area contributed by atoms with Gasteiger partial charge in [-0.15, -0.1) is 0 Å². The SMILES string of the molecule is CCN1C[C@]2(COC)C(O)C[C@H](OC)[C@@]34[C@@H]5C[C@]6(O)[C@H](OC(=O)c7ccccc7)[C@@H]5[C@](OC(C)=O)(C(O)[C@@H]6OC)[C@@H]([C@H](OC)[C@H]23)[C@@H]14.